The highest BCUT2D eigenvalue weighted by molar-refractivity contribution is 7.14. The fraction of sp³-hybridized carbons (Fsp3) is 0.150. The minimum Gasteiger partial charge on any atom is -0.497 e. The number of carbonyl (C=O) groups is 2. The molecule has 3 amide bonds. The van der Waals surface area contributed by atoms with E-state index in [1.165, 1.54) is 49.8 Å². The summed E-state index contributed by atoms with van der Waals surface area (Å²) in [4.78, 5) is 28.6. The summed E-state index contributed by atoms with van der Waals surface area (Å²) in [6.45, 7) is 0. The molecule has 0 fully saturated rings. The second-order valence-electron chi connectivity index (χ2n) is 6.02. The molecule has 10 heteroatoms. The van der Waals surface area contributed by atoms with E-state index < -0.39 is 11.8 Å². The van der Waals surface area contributed by atoms with Crippen LogP contribution in [0.5, 0.6) is 11.5 Å². The third kappa shape index (κ3) is 5.67. The van der Waals surface area contributed by atoms with Crippen LogP contribution in [0.2, 0.25) is 0 Å². The van der Waals surface area contributed by atoms with Crippen LogP contribution in [0.1, 0.15) is 5.69 Å². The van der Waals surface area contributed by atoms with Gasteiger partial charge in [0.2, 0.25) is 5.91 Å². The van der Waals surface area contributed by atoms with Crippen LogP contribution in [0.3, 0.4) is 0 Å². The SMILES string of the molecule is COc1ccc(OC)c(NC(=O)Cc2csc(NC(=O)Nc3ccc(F)cc3)n2)c1. The van der Waals surface area contributed by atoms with Crippen molar-refractivity contribution in [1.82, 2.24) is 4.98 Å². The number of carbonyl (C=O) groups excluding carboxylic acids is 2. The summed E-state index contributed by atoms with van der Waals surface area (Å²) in [6.07, 6.45) is 0.0120. The van der Waals surface area contributed by atoms with Crippen LogP contribution < -0.4 is 25.4 Å². The minimum absolute atomic E-state index is 0.0120. The predicted molar refractivity (Wildman–Crippen MR) is 113 cm³/mol. The van der Waals surface area contributed by atoms with E-state index in [1.54, 1.807) is 23.6 Å². The van der Waals surface area contributed by atoms with Crippen LogP contribution in [0.25, 0.3) is 0 Å². The fourth-order valence-corrected chi connectivity index (χ4v) is 3.21. The van der Waals surface area contributed by atoms with Gasteiger partial charge in [-0.15, -0.1) is 11.3 Å². The number of aromatic nitrogens is 1. The lowest BCUT2D eigenvalue weighted by atomic mass is 10.2. The smallest absolute Gasteiger partial charge is 0.325 e. The molecule has 0 aliphatic rings. The van der Waals surface area contributed by atoms with Crippen molar-refractivity contribution in [3.63, 3.8) is 0 Å². The molecule has 3 N–H and O–H groups in total. The second kappa shape index (κ2) is 9.70. The number of benzene rings is 2. The number of hydrogen-bond donors (Lipinski definition) is 3. The van der Waals surface area contributed by atoms with Gasteiger partial charge in [-0.05, 0) is 36.4 Å². The fourth-order valence-electron chi connectivity index (χ4n) is 2.51. The van der Waals surface area contributed by atoms with Crippen LogP contribution in [0.4, 0.5) is 25.7 Å². The average molecular weight is 430 g/mol. The Hall–Kier alpha value is -3.66. The molecule has 0 aliphatic carbocycles. The van der Waals surface area contributed by atoms with Gasteiger partial charge in [0, 0.05) is 17.1 Å². The molecule has 1 aromatic heterocycles. The number of rotatable bonds is 7. The van der Waals surface area contributed by atoms with Crippen molar-refractivity contribution in [2.75, 3.05) is 30.2 Å². The average Bonchev–Trinajstić information content (AvgIpc) is 3.15. The third-order valence-corrected chi connectivity index (χ3v) is 4.70. The normalized spacial score (nSPS) is 10.2. The highest BCUT2D eigenvalue weighted by Gasteiger charge is 2.13. The molecule has 156 valence electrons. The summed E-state index contributed by atoms with van der Waals surface area (Å²) in [7, 11) is 3.04. The van der Waals surface area contributed by atoms with Gasteiger partial charge in [-0.1, -0.05) is 0 Å². The van der Waals surface area contributed by atoms with Gasteiger partial charge in [-0.2, -0.15) is 0 Å². The number of nitrogens with one attached hydrogen (secondary N) is 3. The number of hydrogen-bond acceptors (Lipinski definition) is 6. The zero-order chi connectivity index (χ0) is 21.5. The van der Waals surface area contributed by atoms with Crippen LogP contribution in [0.15, 0.2) is 47.8 Å². The Bertz CT molecular complexity index is 1040. The number of amides is 3. The van der Waals surface area contributed by atoms with E-state index in [4.69, 9.17) is 9.47 Å². The Morgan fingerprint density at radius 2 is 1.80 bits per heavy atom. The molecule has 2 aromatic carbocycles. The maximum Gasteiger partial charge on any atom is 0.325 e. The van der Waals surface area contributed by atoms with E-state index in [1.807, 2.05) is 0 Å². The Labute approximate surface area is 176 Å². The van der Waals surface area contributed by atoms with Crippen molar-refractivity contribution in [1.29, 1.82) is 0 Å². The van der Waals surface area contributed by atoms with E-state index in [2.05, 4.69) is 20.9 Å². The standard InChI is InChI=1S/C20H19FN4O4S/c1-28-15-7-8-17(29-2)16(10-15)24-18(26)9-14-11-30-20(23-14)25-19(27)22-13-5-3-12(21)4-6-13/h3-8,10-11H,9H2,1-2H3,(H,24,26)(H2,22,23,25,27). The topological polar surface area (TPSA) is 102 Å². The number of methoxy groups -OCH3 is 2. The summed E-state index contributed by atoms with van der Waals surface area (Å²) in [6, 6.07) is 9.93. The lowest BCUT2D eigenvalue weighted by Gasteiger charge is -2.11. The van der Waals surface area contributed by atoms with E-state index in [-0.39, 0.29) is 12.3 Å². The van der Waals surface area contributed by atoms with Crippen molar-refractivity contribution < 1.29 is 23.5 Å². The molecule has 0 radical (unpaired) electrons. The summed E-state index contributed by atoms with van der Waals surface area (Å²) in [5.41, 5.74) is 1.42. The molecule has 0 atom stereocenters. The zero-order valence-corrected chi connectivity index (χ0v) is 17.0. The Morgan fingerprint density at radius 3 is 2.50 bits per heavy atom. The molecule has 0 saturated heterocycles. The summed E-state index contributed by atoms with van der Waals surface area (Å²) >= 11 is 1.19. The number of nitrogens with zero attached hydrogens (tertiary/aromatic N) is 1. The molecule has 8 nitrogen and oxygen atoms in total. The van der Waals surface area contributed by atoms with Gasteiger partial charge >= 0.3 is 6.03 Å². The molecule has 3 aromatic rings. The Balaban J connectivity index is 1.56. The second-order valence-corrected chi connectivity index (χ2v) is 6.88. The first kappa shape index (κ1) is 21.1. The first-order chi connectivity index (χ1) is 14.5. The van der Waals surface area contributed by atoms with E-state index >= 15 is 0 Å². The van der Waals surface area contributed by atoms with Gasteiger partial charge in [-0.25, -0.2) is 14.2 Å². The van der Waals surface area contributed by atoms with Gasteiger partial charge in [0.05, 0.1) is 32.0 Å². The first-order valence-electron chi connectivity index (χ1n) is 8.76. The van der Waals surface area contributed by atoms with Gasteiger partial charge in [0.1, 0.15) is 17.3 Å². The molecule has 0 bridgehead atoms. The number of halogens is 1. The number of ether oxygens (including phenoxy) is 2. The first-order valence-corrected chi connectivity index (χ1v) is 9.64. The van der Waals surface area contributed by atoms with Crippen molar-refractivity contribution in [3.05, 3.63) is 59.4 Å². The molecule has 0 aliphatic heterocycles. The van der Waals surface area contributed by atoms with Gasteiger partial charge in [0.15, 0.2) is 5.13 Å². The van der Waals surface area contributed by atoms with Crippen molar-refractivity contribution in [2.24, 2.45) is 0 Å². The Morgan fingerprint density at radius 1 is 1.03 bits per heavy atom. The minimum atomic E-state index is -0.520. The van der Waals surface area contributed by atoms with Crippen LogP contribution in [0, 0.1) is 5.82 Å². The highest BCUT2D eigenvalue weighted by Crippen LogP contribution is 2.29. The summed E-state index contributed by atoms with van der Waals surface area (Å²) in [5, 5.41) is 9.91. The van der Waals surface area contributed by atoms with E-state index in [9.17, 15) is 14.0 Å². The van der Waals surface area contributed by atoms with Gasteiger partial charge in [-0.3, -0.25) is 10.1 Å². The lowest BCUT2D eigenvalue weighted by Crippen LogP contribution is -2.19. The third-order valence-electron chi connectivity index (χ3n) is 3.90. The summed E-state index contributed by atoms with van der Waals surface area (Å²) in [5.74, 6) is 0.394. The molecule has 30 heavy (non-hydrogen) atoms. The van der Waals surface area contributed by atoms with Crippen molar-refractivity contribution in [3.8, 4) is 11.5 Å². The van der Waals surface area contributed by atoms with Crippen molar-refractivity contribution >= 4 is 39.8 Å². The quantitative estimate of drug-likeness (QED) is 0.523. The summed E-state index contributed by atoms with van der Waals surface area (Å²) < 4.78 is 23.3. The van der Waals surface area contributed by atoms with E-state index in [0.29, 0.717) is 33.7 Å². The van der Waals surface area contributed by atoms with Crippen LogP contribution in [-0.2, 0) is 11.2 Å². The molecule has 3 rings (SSSR count). The van der Waals surface area contributed by atoms with Crippen molar-refractivity contribution in [2.45, 2.75) is 6.42 Å². The van der Waals surface area contributed by atoms with E-state index in [0.717, 1.165) is 0 Å². The highest BCUT2D eigenvalue weighted by atomic mass is 32.1. The molecular formula is C20H19FN4O4S. The predicted octanol–water partition coefficient (Wildman–Crippen LogP) is 4.12. The molecule has 0 unspecified atom stereocenters. The van der Waals surface area contributed by atoms with Crippen LogP contribution >= 0.6 is 11.3 Å². The number of thiazole rings is 1. The van der Waals surface area contributed by atoms with Crippen LogP contribution in [-0.4, -0.2) is 31.1 Å². The van der Waals surface area contributed by atoms with Gasteiger partial charge < -0.3 is 20.1 Å². The molecule has 0 saturated carbocycles. The molecular weight excluding hydrogens is 411 g/mol. The zero-order valence-electron chi connectivity index (χ0n) is 16.2. The Kier molecular flexibility index (Phi) is 6.81. The molecule has 0 spiro atoms. The largest absolute Gasteiger partial charge is 0.497 e. The number of anilines is 3. The maximum atomic E-state index is 12.9. The number of urea groups is 1. The maximum absolute atomic E-state index is 12.9. The lowest BCUT2D eigenvalue weighted by molar-refractivity contribution is -0.115. The van der Waals surface area contributed by atoms with Gasteiger partial charge in [0.25, 0.3) is 0 Å². The monoisotopic (exact) mass is 430 g/mol. The molecule has 1 heterocycles.